The fraction of sp³-hybridized carbons (Fsp3) is 0.467. The van der Waals surface area contributed by atoms with E-state index in [1.807, 2.05) is 13.8 Å². The monoisotopic (exact) mass is 257 g/mol. The van der Waals surface area contributed by atoms with E-state index in [-0.39, 0.29) is 0 Å². The highest BCUT2D eigenvalue weighted by molar-refractivity contribution is 5.32. The van der Waals surface area contributed by atoms with Gasteiger partial charge in [-0.2, -0.15) is 5.10 Å². The minimum atomic E-state index is 0.383. The second-order valence-electron chi connectivity index (χ2n) is 4.99. The molecule has 2 aromatic rings. The van der Waals surface area contributed by atoms with Crippen LogP contribution in [-0.2, 0) is 24.2 Å². The molecule has 0 unspecified atom stereocenters. The first-order chi connectivity index (χ1) is 9.28. The summed E-state index contributed by atoms with van der Waals surface area (Å²) in [6.07, 6.45) is 2.08. The SMILES string of the molecule is CCOCc1nc(C)nn1C1Cc2ccccc2C1. The number of benzene rings is 1. The van der Waals surface area contributed by atoms with Crippen molar-refractivity contribution in [3.05, 3.63) is 47.0 Å². The van der Waals surface area contributed by atoms with Gasteiger partial charge in [-0.25, -0.2) is 9.67 Å². The third-order valence-electron chi connectivity index (χ3n) is 3.62. The van der Waals surface area contributed by atoms with Gasteiger partial charge in [0.05, 0.1) is 6.04 Å². The van der Waals surface area contributed by atoms with Gasteiger partial charge in [-0.1, -0.05) is 24.3 Å². The van der Waals surface area contributed by atoms with Crippen LogP contribution in [0.25, 0.3) is 0 Å². The summed E-state index contributed by atoms with van der Waals surface area (Å²) >= 11 is 0. The van der Waals surface area contributed by atoms with Gasteiger partial charge in [0, 0.05) is 6.61 Å². The Morgan fingerprint density at radius 1 is 1.26 bits per heavy atom. The number of hydrogen-bond donors (Lipinski definition) is 0. The molecule has 0 N–H and O–H groups in total. The van der Waals surface area contributed by atoms with Crippen molar-refractivity contribution in [2.24, 2.45) is 0 Å². The maximum atomic E-state index is 5.49. The lowest BCUT2D eigenvalue weighted by Crippen LogP contribution is -2.15. The molecular weight excluding hydrogens is 238 g/mol. The Bertz CT molecular complexity index is 552. The Morgan fingerprint density at radius 3 is 2.58 bits per heavy atom. The highest BCUT2D eigenvalue weighted by atomic mass is 16.5. The zero-order valence-corrected chi connectivity index (χ0v) is 11.5. The molecule has 19 heavy (non-hydrogen) atoms. The van der Waals surface area contributed by atoms with Gasteiger partial charge < -0.3 is 4.74 Å². The number of fused-ring (bicyclic) bond motifs is 1. The van der Waals surface area contributed by atoms with E-state index in [1.54, 1.807) is 0 Å². The molecule has 1 heterocycles. The number of aromatic nitrogens is 3. The van der Waals surface area contributed by atoms with E-state index in [4.69, 9.17) is 4.74 Å². The van der Waals surface area contributed by atoms with Crippen molar-refractivity contribution < 1.29 is 4.74 Å². The fourth-order valence-corrected chi connectivity index (χ4v) is 2.77. The maximum absolute atomic E-state index is 5.49. The molecule has 4 nitrogen and oxygen atoms in total. The molecule has 0 saturated heterocycles. The van der Waals surface area contributed by atoms with Crippen molar-refractivity contribution >= 4 is 0 Å². The zero-order chi connectivity index (χ0) is 13.2. The van der Waals surface area contributed by atoms with Gasteiger partial charge in [-0.15, -0.1) is 0 Å². The fourth-order valence-electron chi connectivity index (χ4n) is 2.77. The molecule has 1 aromatic heterocycles. The van der Waals surface area contributed by atoms with Crippen LogP contribution in [0.4, 0.5) is 0 Å². The zero-order valence-electron chi connectivity index (χ0n) is 11.5. The Balaban J connectivity index is 1.84. The lowest BCUT2D eigenvalue weighted by atomic mass is 10.1. The Kier molecular flexibility index (Phi) is 3.34. The van der Waals surface area contributed by atoms with Crippen LogP contribution < -0.4 is 0 Å². The summed E-state index contributed by atoms with van der Waals surface area (Å²) in [7, 11) is 0. The molecule has 0 saturated carbocycles. The summed E-state index contributed by atoms with van der Waals surface area (Å²) in [6, 6.07) is 9.01. The minimum absolute atomic E-state index is 0.383. The molecule has 1 aliphatic rings. The van der Waals surface area contributed by atoms with Crippen LogP contribution in [0, 0.1) is 6.92 Å². The molecule has 0 radical (unpaired) electrons. The quantitative estimate of drug-likeness (QED) is 0.844. The van der Waals surface area contributed by atoms with Gasteiger partial charge >= 0.3 is 0 Å². The van der Waals surface area contributed by atoms with E-state index in [0.717, 1.165) is 24.5 Å². The largest absolute Gasteiger partial charge is 0.374 e. The highest BCUT2D eigenvalue weighted by Gasteiger charge is 2.25. The van der Waals surface area contributed by atoms with Crippen molar-refractivity contribution in [2.45, 2.75) is 39.3 Å². The van der Waals surface area contributed by atoms with Gasteiger partial charge in [0.25, 0.3) is 0 Å². The van der Waals surface area contributed by atoms with Gasteiger partial charge in [-0.05, 0) is 37.8 Å². The number of ether oxygens (including phenoxy) is 1. The third-order valence-corrected chi connectivity index (χ3v) is 3.62. The van der Waals surface area contributed by atoms with E-state index in [2.05, 4.69) is 39.0 Å². The number of rotatable bonds is 4. The molecule has 0 spiro atoms. The molecular formula is C15H19N3O. The van der Waals surface area contributed by atoms with Crippen LogP contribution in [0.3, 0.4) is 0 Å². The first-order valence-electron chi connectivity index (χ1n) is 6.84. The summed E-state index contributed by atoms with van der Waals surface area (Å²) in [5, 5.41) is 4.55. The second kappa shape index (κ2) is 5.13. The van der Waals surface area contributed by atoms with Crippen LogP contribution in [0.15, 0.2) is 24.3 Å². The number of aryl methyl sites for hydroxylation is 1. The van der Waals surface area contributed by atoms with Crippen molar-refractivity contribution in [3.8, 4) is 0 Å². The maximum Gasteiger partial charge on any atom is 0.153 e. The van der Waals surface area contributed by atoms with E-state index < -0.39 is 0 Å². The minimum Gasteiger partial charge on any atom is -0.374 e. The van der Waals surface area contributed by atoms with Gasteiger partial charge in [-0.3, -0.25) is 0 Å². The molecule has 100 valence electrons. The lowest BCUT2D eigenvalue weighted by Gasteiger charge is -2.12. The van der Waals surface area contributed by atoms with Gasteiger partial charge in [0.2, 0.25) is 0 Å². The Hall–Kier alpha value is -1.68. The van der Waals surface area contributed by atoms with Crippen LogP contribution in [0.2, 0.25) is 0 Å². The van der Waals surface area contributed by atoms with Gasteiger partial charge in [0.1, 0.15) is 12.4 Å². The smallest absolute Gasteiger partial charge is 0.153 e. The number of nitrogens with zero attached hydrogens (tertiary/aromatic N) is 3. The summed E-state index contributed by atoms with van der Waals surface area (Å²) in [5.41, 5.74) is 2.87. The molecule has 4 heteroatoms. The Morgan fingerprint density at radius 2 is 1.95 bits per heavy atom. The van der Waals surface area contributed by atoms with Crippen LogP contribution in [0.1, 0.15) is 35.7 Å². The summed E-state index contributed by atoms with van der Waals surface area (Å²) in [5.74, 6) is 1.77. The molecule has 0 bridgehead atoms. The summed E-state index contributed by atoms with van der Waals surface area (Å²) < 4.78 is 7.55. The highest BCUT2D eigenvalue weighted by Crippen LogP contribution is 2.30. The standard InChI is InChI=1S/C15H19N3O/c1-3-19-10-15-16-11(2)17-18(15)14-8-12-6-4-5-7-13(12)9-14/h4-7,14H,3,8-10H2,1-2H3. The first kappa shape index (κ1) is 12.4. The van der Waals surface area contributed by atoms with E-state index in [0.29, 0.717) is 19.3 Å². The number of hydrogen-bond acceptors (Lipinski definition) is 3. The van der Waals surface area contributed by atoms with E-state index in [1.165, 1.54) is 11.1 Å². The molecule has 1 aromatic carbocycles. The predicted octanol–water partition coefficient (Wildman–Crippen LogP) is 2.46. The van der Waals surface area contributed by atoms with Crippen molar-refractivity contribution in [2.75, 3.05) is 6.61 Å². The molecule has 0 aliphatic heterocycles. The van der Waals surface area contributed by atoms with Crippen molar-refractivity contribution in [1.82, 2.24) is 14.8 Å². The predicted molar refractivity (Wildman–Crippen MR) is 73.0 cm³/mol. The first-order valence-corrected chi connectivity index (χ1v) is 6.84. The van der Waals surface area contributed by atoms with E-state index >= 15 is 0 Å². The second-order valence-corrected chi connectivity index (χ2v) is 4.99. The van der Waals surface area contributed by atoms with Crippen molar-refractivity contribution in [3.63, 3.8) is 0 Å². The average molecular weight is 257 g/mol. The topological polar surface area (TPSA) is 39.9 Å². The molecule has 3 rings (SSSR count). The van der Waals surface area contributed by atoms with Crippen LogP contribution >= 0.6 is 0 Å². The molecule has 0 amide bonds. The summed E-state index contributed by atoms with van der Waals surface area (Å²) in [6.45, 7) is 5.19. The van der Waals surface area contributed by atoms with Gasteiger partial charge in [0.15, 0.2) is 5.82 Å². The van der Waals surface area contributed by atoms with E-state index in [9.17, 15) is 0 Å². The van der Waals surface area contributed by atoms with Crippen molar-refractivity contribution in [1.29, 1.82) is 0 Å². The Labute approximate surface area is 113 Å². The normalized spacial score (nSPS) is 14.8. The molecule has 1 aliphatic carbocycles. The third kappa shape index (κ3) is 2.40. The van der Waals surface area contributed by atoms with Crippen LogP contribution in [0.5, 0.6) is 0 Å². The lowest BCUT2D eigenvalue weighted by molar-refractivity contribution is 0.123. The van der Waals surface area contributed by atoms with Crippen LogP contribution in [-0.4, -0.2) is 21.4 Å². The summed E-state index contributed by atoms with van der Waals surface area (Å²) in [4.78, 5) is 4.48. The molecule has 0 fully saturated rings. The average Bonchev–Trinajstić information content (AvgIpc) is 2.99. The molecule has 0 atom stereocenters.